The number of aryl methyl sites for hydroxylation is 1. The van der Waals surface area contributed by atoms with Gasteiger partial charge in [-0.25, -0.2) is 0 Å². The third kappa shape index (κ3) is 3.81. The second-order valence-electron chi connectivity index (χ2n) is 9.10. The van der Waals surface area contributed by atoms with Gasteiger partial charge in [0.15, 0.2) is 0 Å². The molecule has 1 aromatic rings. The summed E-state index contributed by atoms with van der Waals surface area (Å²) in [4.78, 5) is 34.2. The Bertz CT molecular complexity index is 720. The summed E-state index contributed by atoms with van der Waals surface area (Å²) < 4.78 is 0. The van der Waals surface area contributed by atoms with Gasteiger partial charge in [0.1, 0.15) is 5.69 Å². The van der Waals surface area contributed by atoms with Crippen molar-refractivity contribution in [2.75, 3.05) is 26.2 Å². The van der Waals surface area contributed by atoms with E-state index in [1.54, 1.807) is 6.20 Å². The van der Waals surface area contributed by atoms with Gasteiger partial charge in [-0.3, -0.25) is 14.6 Å². The fraction of sp³-hybridized carbons (Fsp3) is 0.696. The minimum atomic E-state index is 0.0661. The largest absolute Gasteiger partial charge is 0.343 e. The molecule has 2 amide bonds. The van der Waals surface area contributed by atoms with E-state index in [2.05, 4.69) is 4.98 Å². The van der Waals surface area contributed by atoms with E-state index in [1.165, 1.54) is 32.1 Å². The van der Waals surface area contributed by atoms with Crippen LogP contribution in [-0.4, -0.2) is 52.8 Å². The Morgan fingerprint density at radius 3 is 2.57 bits per heavy atom. The van der Waals surface area contributed by atoms with Crippen molar-refractivity contribution in [2.45, 2.75) is 64.7 Å². The lowest BCUT2D eigenvalue weighted by Crippen LogP contribution is -2.35. The van der Waals surface area contributed by atoms with Crippen LogP contribution in [0.3, 0.4) is 0 Å². The van der Waals surface area contributed by atoms with Crippen molar-refractivity contribution in [2.24, 2.45) is 11.3 Å². The van der Waals surface area contributed by atoms with E-state index >= 15 is 0 Å². The molecule has 3 heterocycles. The zero-order valence-corrected chi connectivity index (χ0v) is 17.2. The lowest BCUT2D eigenvalue weighted by atomic mass is 9.66. The first-order valence-electron chi connectivity index (χ1n) is 11.1. The monoisotopic (exact) mass is 383 g/mol. The van der Waals surface area contributed by atoms with E-state index < -0.39 is 0 Å². The number of likely N-dealkylation sites (tertiary alicyclic amines) is 2. The van der Waals surface area contributed by atoms with Gasteiger partial charge >= 0.3 is 0 Å². The molecule has 1 unspecified atom stereocenters. The normalized spacial score (nSPS) is 24.1. The number of carbonyl (C=O) groups excluding carboxylic acids is 2. The first kappa shape index (κ1) is 19.4. The molecule has 1 atom stereocenters. The van der Waals surface area contributed by atoms with Crippen LogP contribution in [0.1, 0.15) is 73.8 Å². The topological polar surface area (TPSA) is 53.5 Å². The molecular weight excluding hydrogens is 350 g/mol. The molecule has 0 radical (unpaired) electrons. The molecule has 1 aromatic heterocycles. The predicted octanol–water partition coefficient (Wildman–Crippen LogP) is 3.82. The Morgan fingerprint density at radius 2 is 1.86 bits per heavy atom. The number of aromatic nitrogens is 1. The van der Waals surface area contributed by atoms with Gasteiger partial charge in [-0.05, 0) is 62.0 Å². The SMILES string of the molecule is Cc1cccnc1C(=O)N1CC(CCC(=O)N2CCCC2)C2(CCCCC2)C1. The number of hydrogen-bond donors (Lipinski definition) is 0. The molecule has 2 aliphatic heterocycles. The van der Waals surface area contributed by atoms with Gasteiger partial charge in [-0.1, -0.05) is 25.3 Å². The molecule has 152 valence electrons. The number of pyridine rings is 1. The van der Waals surface area contributed by atoms with Crippen LogP contribution in [0, 0.1) is 18.3 Å². The quantitative estimate of drug-likeness (QED) is 0.794. The third-order valence-electron chi connectivity index (χ3n) is 7.33. The number of nitrogens with zero attached hydrogens (tertiary/aromatic N) is 3. The molecule has 28 heavy (non-hydrogen) atoms. The van der Waals surface area contributed by atoms with Crippen LogP contribution in [0.4, 0.5) is 0 Å². The molecule has 1 saturated carbocycles. The predicted molar refractivity (Wildman–Crippen MR) is 109 cm³/mol. The van der Waals surface area contributed by atoms with Gasteiger partial charge in [-0.15, -0.1) is 0 Å². The molecule has 5 nitrogen and oxygen atoms in total. The van der Waals surface area contributed by atoms with Gasteiger partial charge in [0.05, 0.1) is 0 Å². The highest BCUT2D eigenvalue weighted by molar-refractivity contribution is 5.93. The first-order valence-corrected chi connectivity index (χ1v) is 11.1. The molecule has 1 aliphatic carbocycles. The molecule has 4 rings (SSSR count). The number of rotatable bonds is 4. The Balaban J connectivity index is 1.47. The lowest BCUT2D eigenvalue weighted by Gasteiger charge is -2.38. The van der Waals surface area contributed by atoms with Crippen LogP contribution in [-0.2, 0) is 4.79 Å². The van der Waals surface area contributed by atoms with Crippen molar-refractivity contribution in [1.29, 1.82) is 0 Å². The number of carbonyl (C=O) groups is 2. The van der Waals surface area contributed by atoms with E-state index in [1.807, 2.05) is 28.9 Å². The second kappa shape index (κ2) is 8.22. The molecule has 3 aliphatic rings. The average molecular weight is 384 g/mol. The molecule has 0 aromatic carbocycles. The summed E-state index contributed by atoms with van der Waals surface area (Å²) in [6.45, 7) is 5.43. The summed E-state index contributed by atoms with van der Waals surface area (Å²) in [6.07, 6.45) is 11.7. The van der Waals surface area contributed by atoms with E-state index in [0.717, 1.165) is 51.0 Å². The van der Waals surface area contributed by atoms with Gasteiger partial charge in [0.2, 0.25) is 5.91 Å². The summed E-state index contributed by atoms with van der Waals surface area (Å²) in [7, 11) is 0. The summed E-state index contributed by atoms with van der Waals surface area (Å²) in [6, 6.07) is 3.84. The average Bonchev–Trinajstić information content (AvgIpc) is 3.36. The maximum absolute atomic E-state index is 13.2. The van der Waals surface area contributed by atoms with Crippen molar-refractivity contribution in [3.8, 4) is 0 Å². The smallest absolute Gasteiger partial charge is 0.272 e. The number of amides is 2. The zero-order chi connectivity index (χ0) is 19.6. The van der Waals surface area contributed by atoms with Crippen molar-refractivity contribution in [3.05, 3.63) is 29.6 Å². The molecule has 2 saturated heterocycles. The van der Waals surface area contributed by atoms with Crippen LogP contribution in [0.2, 0.25) is 0 Å². The Kier molecular flexibility index (Phi) is 5.70. The summed E-state index contributed by atoms with van der Waals surface area (Å²) in [5.74, 6) is 0.817. The fourth-order valence-corrected chi connectivity index (χ4v) is 5.69. The Labute approximate surface area is 168 Å². The minimum absolute atomic E-state index is 0.0661. The standard InChI is InChI=1S/C23H33N3O2/c1-18-8-7-13-24-21(18)22(28)26-16-19(23(17-26)11-3-2-4-12-23)9-10-20(27)25-14-5-6-15-25/h7-8,13,19H,2-6,9-12,14-17H2,1H3. The highest BCUT2D eigenvalue weighted by Crippen LogP contribution is 2.49. The van der Waals surface area contributed by atoms with Crippen molar-refractivity contribution in [3.63, 3.8) is 0 Å². The van der Waals surface area contributed by atoms with Crippen LogP contribution in [0.25, 0.3) is 0 Å². The first-order chi connectivity index (χ1) is 13.6. The Hall–Kier alpha value is -1.91. The summed E-state index contributed by atoms with van der Waals surface area (Å²) in [5, 5.41) is 0. The van der Waals surface area contributed by atoms with Gasteiger partial charge in [0.25, 0.3) is 5.91 Å². The van der Waals surface area contributed by atoms with E-state index in [4.69, 9.17) is 0 Å². The maximum Gasteiger partial charge on any atom is 0.272 e. The molecular formula is C23H33N3O2. The van der Waals surface area contributed by atoms with Gasteiger partial charge in [-0.2, -0.15) is 0 Å². The van der Waals surface area contributed by atoms with E-state index in [-0.39, 0.29) is 11.3 Å². The van der Waals surface area contributed by atoms with Crippen LogP contribution < -0.4 is 0 Å². The van der Waals surface area contributed by atoms with Crippen LogP contribution in [0.5, 0.6) is 0 Å². The van der Waals surface area contributed by atoms with Crippen molar-refractivity contribution < 1.29 is 9.59 Å². The molecule has 5 heteroatoms. The number of hydrogen-bond acceptors (Lipinski definition) is 3. The lowest BCUT2D eigenvalue weighted by molar-refractivity contribution is -0.130. The van der Waals surface area contributed by atoms with Crippen LogP contribution in [0.15, 0.2) is 18.3 Å². The fourth-order valence-electron chi connectivity index (χ4n) is 5.69. The molecule has 0 bridgehead atoms. The summed E-state index contributed by atoms with van der Waals surface area (Å²) >= 11 is 0. The molecule has 1 spiro atoms. The van der Waals surface area contributed by atoms with Crippen molar-refractivity contribution in [1.82, 2.24) is 14.8 Å². The van der Waals surface area contributed by atoms with E-state index in [0.29, 0.717) is 23.9 Å². The highest BCUT2D eigenvalue weighted by atomic mass is 16.2. The zero-order valence-electron chi connectivity index (χ0n) is 17.2. The summed E-state index contributed by atoms with van der Waals surface area (Å²) in [5.41, 5.74) is 1.74. The van der Waals surface area contributed by atoms with Gasteiger partial charge < -0.3 is 9.80 Å². The highest BCUT2D eigenvalue weighted by Gasteiger charge is 2.48. The van der Waals surface area contributed by atoms with Crippen LogP contribution >= 0.6 is 0 Å². The Morgan fingerprint density at radius 1 is 1.11 bits per heavy atom. The molecule has 0 N–H and O–H groups in total. The second-order valence-corrected chi connectivity index (χ2v) is 9.10. The maximum atomic E-state index is 13.2. The molecule has 3 fully saturated rings. The van der Waals surface area contributed by atoms with Gasteiger partial charge in [0, 0.05) is 38.8 Å². The minimum Gasteiger partial charge on any atom is -0.343 e. The third-order valence-corrected chi connectivity index (χ3v) is 7.33. The van der Waals surface area contributed by atoms with E-state index in [9.17, 15) is 9.59 Å². The van der Waals surface area contributed by atoms with Crippen molar-refractivity contribution >= 4 is 11.8 Å².